The molecule has 0 saturated heterocycles. The summed E-state index contributed by atoms with van der Waals surface area (Å²) < 4.78 is 5.42. The van der Waals surface area contributed by atoms with E-state index in [-0.39, 0.29) is 11.3 Å². The van der Waals surface area contributed by atoms with Crippen molar-refractivity contribution in [3.05, 3.63) is 244 Å². The molecule has 1 spiro atoms. The first-order chi connectivity index (χ1) is 32.1. The normalized spacial score (nSPS) is 20.4. The second-order valence-corrected chi connectivity index (χ2v) is 19.3. The molecule has 0 fully saturated rings. The number of fused-ring (bicyclic) bond motifs is 16. The molecule has 2 aromatic heterocycles. The fourth-order valence-electron chi connectivity index (χ4n) is 12.1. The summed E-state index contributed by atoms with van der Waals surface area (Å²) in [4.78, 5) is 5.23. The first-order valence-corrected chi connectivity index (χ1v) is 23.8. The van der Waals surface area contributed by atoms with Crippen molar-refractivity contribution in [1.29, 1.82) is 0 Å². The van der Waals surface area contributed by atoms with Crippen LogP contribution in [0.25, 0.3) is 59.7 Å². The zero-order valence-corrected chi connectivity index (χ0v) is 37.4. The molecule has 1 N–H and O–H groups in total. The number of allylic oxidation sites excluding steroid dienone is 6. The highest BCUT2D eigenvalue weighted by Gasteiger charge is 2.61. The molecule has 3 aliphatic carbocycles. The van der Waals surface area contributed by atoms with Crippen LogP contribution in [-0.4, -0.2) is 17.3 Å². The molecule has 0 radical (unpaired) electrons. The quantitative estimate of drug-likeness (QED) is 0.159. The molecule has 3 nitrogen and oxygen atoms in total. The lowest BCUT2D eigenvalue weighted by Gasteiger charge is -2.45. The molecule has 0 bridgehead atoms. The number of rotatable bonds is 7. The molecule has 0 amide bonds. The lowest BCUT2D eigenvalue weighted by atomic mass is 9.58. The van der Waals surface area contributed by atoms with Crippen molar-refractivity contribution < 1.29 is 0 Å². The topological polar surface area (TPSA) is 29.3 Å². The highest BCUT2D eigenvalue weighted by Crippen LogP contribution is 2.66. The Morgan fingerprint density at radius 1 is 0.738 bits per heavy atom. The third kappa shape index (κ3) is 5.50. The molecule has 3 atom stereocenters. The van der Waals surface area contributed by atoms with Crippen LogP contribution in [0.2, 0.25) is 0 Å². The van der Waals surface area contributed by atoms with Gasteiger partial charge in [0.1, 0.15) is 0 Å². The first-order valence-electron chi connectivity index (χ1n) is 23.0. The van der Waals surface area contributed by atoms with Crippen LogP contribution in [0.4, 0.5) is 0 Å². The minimum Gasteiger partial charge on any atom is -0.388 e. The smallest absolute Gasteiger partial charge is 0.0671 e. The molecular formula is C61H47N3S. The highest BCUT2D eigenvalue weighted by molar-refractivity contribution is 7.26. The van der Waals surface area contributed by atoms with Gasteiger partial charge in [-0.15, -0.1) is 11.3 Å². The maximum atomic E-state index is 5.23. The van der Waals surface area contributed by atoms with Crippen molar-refractivity contribution in [3.8, 4) is 16.8 Å². The van der Waals surface area contributed by atoms with Crippen LogP contribution < -0.4 is 5.32 Å². The predicted molar refractivity (Wildman–Crippen MR) is 275 cm³/mol. The summed E-state index contributed by atoms with van der Waals surface area (Å²) in [7, 11) is 1.97. The van der Waals surface area contributed by atoms with Crippen molar-refractivity contribution in [2.75, 3.05) is 7.05 Å². The van der Waals surface area contributed by atoms with Crippen molar-refractivity contribution in [3.63, 3.8) is 0 Å². The Bertz CT molecular complexity index is 3560. The van der Waals surface area contributed by atoms with E-state index in [0.717, 1.165) is 35.4 Å². The van der Waals surface area contributed by atoms with Gasteiger partial charge in [0.05, 0.1) is 28.9 Å². The third-order valence-electron chi connectivity index (χ3n) is 15.0. The van der Waals surface area contributed by atoms with Gasteiger partial charge < -0.3 is 9.88 Å². The van der Waals surface area contributed by atoms with Crippen molar-refractivity contribution in [2.45, 2.75) is 37.1 Å². The number of nitrogens with one attached hydrogen (secondary N) is 1. The van der Waals surface area contributed by atoms with Gasteiger partial charge in [-0.3, -0.25) is 4.99 Å². The maximum Gasteiger partial charge on any atom is 0.0671 e. The second-order valence-electron chi connectivity index (χ2n) is 18.3. The fraction of sp³-hybridized carbons (Fsp3) is 0.131. The number of aliphatic imine (C=N–C) groups is 1. The van der Waals surface area contributed by atoms with Gasteiger partial charge in [-0.05, 0) is 105 Å². The van der Waals surface area contributed by atoms with E-state index in [2.05, 4.69) is 217 Å². The Labute approximate surface area is 384 Å². The number of hydrogen-bond acceptors (Lipinski definition) is 3. The summed E-state index contributed by atoms with van der Waals surface area (Å²) in [6, 6.07) is 58.5. The van der Waals surface area contributed by atoms with Crippen LogP contribution in [0.3, 0.4) is 0 Å². The Morgan fingerprint density at radius 3 is 2.32 bits per heavy atom. The number of benzene rings is 7. The molecule has 1 aliphatic heterocycles. The largest absolute Gasteiger partial charge is 0.388 e. The molecule has 9 aromatic rings. The third-order valence-corrected chi connectivity index (χ3v) is 16.2. The van der Waals surface area contributed by atoms with Gasteiger partial charge in [0.25, 0.3) is 0 Å². The Kier molecular flexibility index (Phi) is 8.60. The van der Waals surface area contributed by atoms with Crippen LogP contribution in [0, 0.1) is 5.92 Å². The van der Waals surface area contributed by atoms with E-state index < -0.39 is 5.41 Å². The molecule has 3 unspecified atom stereocenters. The Balaban J connectivity index is 0.985. The number of hydrogen-bond donors (Lipinski definition) is 1. The molecule has 0 saturated carbocycles. The van der Waals surface area contributed by atoms with Crippen LogP contribution >= 0.6 is 11.3 Å². The summed E-state index contributed by atoms with van der Waals surface area (Å²) in [5.41, 5.74) is 18.4. The molecule has 3 heterocycles. The van der Waals surface area contributed by atoms with E-state index in [4.69, 9.17) is 4.99 Å². The lowest BCUT2D eigenvalue weighted by Crippen LogP contribution is -2.42. The summed E-state index contributed by atoms with van der Waals surface area (Å²) >= 11 is 1.97. The molecule has 13 rings (SSSR count). The molecule has 4 aliphatic rings. The van der Waals surface area contributed by atoms with E-state index in [1.165, 1.54) is 87.0 Å². The zero-order chi connectivity index (χ0) is 43.3. The second kappa shape index (κ2) is 14.6. The van der Waals surface area contributed by atoms with E-state index in [9.17, 15) is 0 Å². The average Bonchev–Trinajstić information content (AvgIpc) is 3.99. The summed E-state index contributed by atoms with van der Waals surface area (Å²) in [6.45, 7) is 3.06. The number of aromatic nitrogens is 1. The fourth-order valence-corrected chi connectivity index (χ4v) is 13.3. The van der Waals surface area contributed by atoms with Crippen molar-refractivity contribution in [1.82, 2.24) is 9.88 Å². The summed E-state index contributed by atoms with van der Waals surface area (Å²) in [5, 5.41) is 7.61. The lowest BCUT2D eigenvalue weighted by molar-refractivity contribution is 0.365. The van der Waals surface area contributed by atoms with Gasteiger partial charge in [0, 0.05) is 55.3 Å². The monoisotopic (exact) mass is 853 g/mol. The number of aryl methyl sites for hydroxylation is 1. The zero-order valence-electron chi connectivity index (χ0n) is 36.6. The van der Waals surface area contributed by atoms with Gasteiger partial charge in [0.2, 0.25) is 0 Å². The Hall–Kier alpha value is -7.27. The minimum atomic E-state index is -0.434. The number of para-hydroxylation sites is 1. The van der Waals surface area contributed by atoms with Gasteiger partial charge in [-0.25, -0.2) is 0 Å². The number of nitrogens with zero attached hydrogens (tertiary/aromatic N) is 2. The standard InChI is InChI=1S/C61H47N3S/c1-60-34-16-15-27-56(60)61(48-23-11-13-25-54(48)64-53-24-12-9-22-45(53)57-58(64)50(61)36-46-44-21-10-14-26-55(44)65-59(46)57)49-35-43(32-33-47(49)60)40-30-28-39(29-31-40)38-63-52(42-19-7-4-8-20-42)37-51(62-2)41-17-5-3-6-18-41/h3-8,10-21,23-37,56,62H,9,22,38H2,1-2H3/b51-37-,63-52+. The highest BCUT2D eigenvalue weighted by atomic mass is 32.1. The van der Waals surface area contributed by atoms with Gasteiger partial charge in [-0.2, -0.15) is 0 Å². The van der Waals surface area contributed by atoms with Crippen molar-refractivity contribution in [2.24, 2.45) is 10.9 Å². The van der Waals surface area contributed by atoms with Gasteiger partial charge in [0.15, 0.2) is 0 Å². The predicted octanol–water partition coefficient (Wildman–Crippen LogP) is 14.5. The minimum absolute atomic E-state index is 0.173. The van der Waals surface area contributed by atoms with Crippen LogP contribution in [0.5, 0.6) is 0 Å². The van der Waals surface area contributed by atoms with Crippen LogP contribution in [0.15, 0.2) is 199 Å². The Morgan fingerprint density at radius 2 is 1.49 bits per heavy atom. The van der Waals surface area contributed by atoms with E-state index in [1.807, 2.05) is 18.4 Å². The summed E-state index contributed by atoms with van der Waals surface area (Å²) in [6.07, 6.45) is 18.7. The van der Waals surface area contributed by atoms with Crippen LogP contribution in [-0.2, 0) is 23.8 Å². The van der Waals surface area contributed by atoms with E-state index in [0.29, 0.717) is 6.54 Å². The molecule has 7 aromatic carbocycles. The van der Waals surface area contributed by atoms with Gasteiger partial charge >= 0.3 is 0 Å². The average molecular weight is 854 g/mol. The molecular weight excluding hydrogens is 807 g/mol. The van der Waals surface area contributed by atoms with Crippen LogP contribution in [0.1, 0.15) is 63.5 Å². The van der Waals surface area contributed by atoms with E-state index in [1.54, 1.807) is 0 Å². The number of thiophene rings is 1. The van der Waals surface area contributed by atoms with Gasteiger partial charge in [-0.1, -0.05) is 171 Å². The molecule has 312 valence electrons. The first kappa shape index (κ1) is 38.2. The van der Waals surface area contributed by atoms with E-state index >= 15 is 0 Å². The molecule has 4 heteroatoms. The summed E-state index contributed by atoms with van der Waals surface area (Å²) in [5.74, 6) is 0.173. The van der Waals surface area contributed by atoms with Crippen molar-refractivity contribution >= 4 is 59.9 Å². The molecule has 65 heavy (non-hydrogen) atoms. The maximum absolute atomic E-state index is 5.23. The SMILES string of the molecule is CN/C(=C\C(=N/Cc1ccc(-c2ccc3c(c2)C2(c4ccccc4-n4c5c(c6c7sc8ccccc8c7cc2c64)CCC=C5)C2C=CC=CC32C)cc1)c1ccccc1)c1ccccc1.